The third kappa shape index (κ3) is 3.42. The summed E-state index contributed by atoms with van der Waals surface area (Å²) in [7, 11) is 0. The predicted octanol–water partition coefficient (Wildman–Crippen LogP) is 3.32. The molecule has 2 aromatic heterocycles. The Hall–Kier alpha value is -3.42. The summed E-state index contributed by atoms with van der Waals surface area (Å²) in [5.41, 5.74) is 7.65. The van der Waals surface area contributed by atoms with Gasteiger partial charge < -0.3 is 20.3 Å². The molecule has 0 spiro atoms. The van der Waals surface area contributed by atoms with E-state index in [0.717, 1.165) is 5.69 Å². The molecule has 3 N–H and O–H groups in total. The van der Waals surface area contributed by atoms with Crippen molar-refractivity contribution in [1.29, 1.82) is 0 Å². The summed E-state index contributed by atoms with van der Waals surface area (Å²) >= 11 is 0. The highest BCUT2D eigenvalue weighted by Crippen LogP contribution is 2.31. The highest BCUT2D eigenvalue weighted by atomic mass is 19.1. The molecule has 0 aliphatic heterocycles. The van der Waals surface area contributed by atoms with Gasteiger partial charge in [-0.05, 0) is 25.1 Å². The van der Waals surface area contributed by atoms with E-state index >= 15 is 0 Å². The maximum Gasteiger partial charge on any atom is 0.233 e. The van der Waals surface area contributed by atoms with Gasteiger partial charge in [0.05, 0.1) is 6.21 Å². The Labute approximate surface area is 143 Å². The Balaban J connectivity index is 1.95. The molecule has 128 valence electrons. The van der Waals surface area contributed by atoms with Crippen molar-refractivity contribution >= 4 is 22.9 Å². The number of hydrogen-bond acceptors (Lipinski definition) is 6. The molecule has 8 heteroatoms. The smallest absolute Gasteiger partial charge is 0.233 e. The van der Waals surface area contributed by atoms with Gasteiger partial charge in [0, 0.05) is 16.6 Å². The number of benzene rings is 1. The Morgan fingerprint density at radius 3 is 3.04 bits per heavy atom. The first-order chi connectivity index (χ1) is 12.1. The Kier molecular flexibility index (Phi) is 4.60. The number of nitrogen functional groups attached to an aromatic ring is 1. The first kappa shape index (κ1) is 16.4. The number of aromatic nitrogens is 3. The van der Waals surface area contributed by atoms with E-state index in [1.165, 1.54) is 18.6 Å². The summed E-state index contributed by atoms with van der Waals surface area (Å²) in [5.74, 6) is -0.269. The van der Waals surface area contributed by atoms with Gasteiger partial charge in [-0.15, -0.1) is 0 Å². The molecule has 3 rings (SSSR count). The van der Waals surface area contributed by atoms with E-state index in [1.807, 2.05) is 6.92 Å². The average Bonchev–Trinajstić information content (AvgIpc) is 2.97. The second-order valence-corrected chi connectivity index (χ2v) is 5.19. The van der Waals surface area contributed by atoms with Crippen LogP contribution in [0.5, 0.6) is 11.6 Å². The van der Waals surface area contributed by atoms with Gasteiger partial charge in [-0.25, -0.2) is 14.4 Å². The molecule has 0 amide bonds. The van der Waals surface area contributed by atoms with Gasteiger partial charge in [0.2, 0.25) is 5.88 Å². The summed E-state index contributed by atoms with van der Waals surface area (Å²) in [6.07, 6.45) is 4.08. The van der Waals surface area contributed by atoms with Crippen LogP contribution in [0.4, 0.5) is 10.2 Å². The zero-order chi connectivity index (χ0) is 17.8. The summed E-state index contributed by atoms with van der Waals surface area (Å²) in [4.78, 5) is 15.9. The van der Waals surface area contributed by atoms with Crippen molar-refractivity contribution in [2.75, 3.05) is 12.3 Å². The van der Waals surface area contributed by atoms with Crippen LogP contribution in [-0.4, -0.2) is 27.8 Å². The van der Waals surface area contributed by atoms with Gasteiger partial charge in [0.15, 0.2) is 11.6 Å². The molecule has 0 saturated carbocycles. The maximum absolute atomic E-state index is 14.7. The number of ether oxygens (including phenoxy) is 1. The number of hydrogen-bond donors (Lipinski definition) is 2. The Morgan fingerprint density at radius 1 is 1.40 bits per heavy atom. The molecule has 0 atom stereocenters. The van der Waals surface area contributed by atoms with Gasteiger partial charge >= 0.3 is 0 Å². The first-order valence-corrected chi connectivity index (χ1v) is 7.42. The number of rotatable bonds is 6. The predicted molar refractivity (Wildman–Crippen MR) is 93.3 cm³/mol. The molecule has 2 heterocycles. The largest absolute Gasteiger partial charge is 0.435 e. The molecule has 1 aromatic carbocycles. The van der Waals surface area contributed by atoms with Crippen molar-refractivity contribution in [2.45, 2.75) is 6.92 Å². The van der Waals surface area contributed by atoms with Gasteiger partial charge in [0.1, 0.15) is 24.3 Å². The van der Waals surface area contributed by atoms with Crippen molar-refractivity contribution in [2.24, 2.45) is 5.16 Å². The quantitative estimate of drug-likeness (QED) is 0.310. The van der Waals surface area contributed by atoms with E-state index in [-0.39, 0.29) is 29.6 Å². The van der Waals surface area contributed by atoms with E-state index in [4.69, 9.17) is 15.3 Å². The van der Waals surface area contributed by atoms with Crippen molar-refractivity contribution in [3.63, 3.8) is 0 Å². The van der Waals surface area contributed by atoms with Crippen LogP contribution in [0.15, 0.2) is 42.3 Å². The van der Waals surface area contributed by atoms with E-state index < -0.39 is 5.82 Å². The fraction of sp³-hybridized carbons (Fsp3) is 0.118. The number of fused-ring (bicyclic) bond motifs is 1. The van der Waals surface area contributed by atoms with Crippen molar-refractivity contribution in [3.05, 3.63) is 54.3 Å². The lowest BCUT2D eigenvalue weighted by atomic mass is 10.2. The number of nitrogens with one attached hydrogen (secondary N) is 1. The molecule has 0 radical (unpaired) electrons. The molecule has 0 saturated heterocycles. The molecular weight excluding hydrogens is 325 g/mol. The molecule has 3 aromatic rings. The molecule has 0 bridgehead atoms. The minimum absolute atomic E-state index is 0.0197. The summed E-state index contributed by atoms with van der Waals surface area (Å²) in [5, 5.41) is 4.17. The van der Waals surface area contributed by atoms with E-state index in [0.29, 0.717) is 10.9 Å². The van der Waals surface area contributed by atoms with Crippen LogP contribution in [0.25, 0.3) is 10.9 Å². The van der Waals surface area contributed by atoms with Crippen LogP contribution in [0.3, 0.4) is 0 Å². The Bertz CT molecular complexity index is 952. The summed E-state index contributed by atoms with van der Waals surface area (Å²) < 4.78 is 20.3. The molecule has 0 aliphatic carbocycles. The number of H-pyrrole nitrogens is 1. The second kappa shape index (κ2) is 7.00. The van der Waals surface area contributed by atoms with Crippen LogP contribution in [0, 0.1) is 12.7 Å². The third-order valence-corrected chi connectivity index (χ3v) is 3.37. The van der Waals surface area contributed by atoms with E-state index in [2.05, 4.69) is 26.7 Å². The number of aromatic amines is 1. The molecule has 0 aliphatic rings. The van der Waals surface area contributed by atoms with Crippen LogP contribution in [0.2, 0.25) is 0 Å². The summed E-state index contributed by atoms with van der Waals surface area (Å²) in [6.45, 7) is 5.60. The normalized spacial score (nSPS) is 11.1. The van der Waals surface area contributed by atoms with Gasteiger partial charge in [-0.1, -0.05) is 17.8 Å². The zero-order valence-electron chi connectivity index (χ0n) is 13.5. The molecule has 0 fully saturated rings. The highest BCUT2D eigenvalue weighted by Gasteiger charge is 2.15. The standard InChI is InChI=1S/C17H16FN5O2/c1-3-6-24-22-8-12-16(19)20-9-21-17(12)25-14-5-4-13-11(15(14)18)7-10(2)23-13/h3-5,7-9,23H,1,6H2,2H3,(H2,19,20,21)/b22-8+. The maximum atomic E-state index is 14.7. The molecular formula is C17H16FN5O2. The fourth-order valence-electron chi connectivity index (χ4n) is 2.25. The lowest BCUT2D eigenvalue weighted by molar-refractivity contribution is 0.176. The van der Waals surface area contributed by atoms with E-state index in [1.54, 1.807) is 18.2 Å². The van der Waals surface area contributed by atoms with Crippen molar-refractivity contribution in [3.8, 4) is 11.6 Å². The minimum Gasteiger partial charge on any atom is -0.435 e. The number of nitrogens with two attached hydrogens (primary N) is 1. The van der Waals surface area contributed by atoms with Crippen molar-refractivity contribution in [1.82, 2.24) is 15.0 Å². The lowest BCUT2D eigenvalue weighted by Gasteiger charge is -2.09. The SMILES string of the molecule is C=CCO/N=C/c1c(N)ncnc1Oc1ccc2[nH]c(C)cc2c1F. The monoisotopic (exact) mass is 341 g/mol. The number of halogens is 1. The van der Waals surface area contributed by atoms with Crippen LogP contribution >= 0.6 is 0 Å². The summed E-state index contributed by atoms with van der Waals surface area (Å²) in [6, 6.07) is 4.95. The lowest BCUT2D eigenvalue weighted by Crippen LogP contribution is -2.03. The van der Waals surface area contributed by atoms with Crippen molar-refractivity contribution < 1.29 is 14.0 Å². The van der Waals surface area contributed by atoms with Crippen LogP contribution in [-0.2, 0) is 4.84 Å². The number of aryl methyl sites for hydroxylation is 1. The van der Waals surface area contributed by atoms with Gasteiger partial charge in [-0.2, -0.15) is 0 Å². The molecule has 0 unspecified atom stereocenters. The topological polar surface area (TPSA) is 98.4 Å². The van der Waals surface area contributed by atoms with Gasteiger partial charge in [0.25, 0.3) is 0 Å². The minimum atomic E-state index is -0.496. The van der Waals surface area contributed by atoms with E-state index in [9.17, 15) is 4.39 Å². The first-order valence-electron chi connectivity index (χ1n) is 7.42. The second-order valence-electron chi connectivity index (χ2n) is 5.19. The number of anilines is 1. The number of oxime groups is 1. The molecule has 25 heavy (non-hydrogen) atoms. The van der Waals surface area contributed by atoms with Crippen LogP contribution < -0.4 is 10.5 Å². The molecule has 7 nitrogen and oxygen atoms in total. The average molecular weight is 341 g/mol. The fourth-order valence-corrected chi connectivity index (χ4v) is 2.25. The van der Waals surface area contributed by atoms with Gasteiger partial charge in [-0.3, -0.25) is 0 Å². The van der Waals surface area contributed by atoms with Crippen LogP contribution in [0.1, 0.15) is 11.3 Å². The Morgan fingerprint density at radius 2 is 2.24 bits per heavy atom. The highest BCUT2D eigenvalue weighted by molar-refractivity contribution is 5.88. The number of nitrogens with zero attached hydrogens (tertiary/aromatic N) is 3. The zero-order valence-corrected chi connectivity index (χ0v) is 13.5. The third-order valence-electron chi connectivity index (χ3n) is 3.37.